The monoisotopic (exact) mass is 272 g/mol. The Bertz CT molecular complexity index is 235. The molecule has 1 aliphatic rings. The molecule has 0 spiro atoms. The Hall–Kier alpha value is -0.780. The Morgan fingerprint density at radius 1 is 1.37 bits per heavy atom. The third-order valence-corrected chi connectivity index (χ3v) is 3.67. The zero-order chi connectivity index (χ0) is 14.7. The highest BCUT2D eigenvalue weighted by atomic mass is 16.6. The van der Waals surface area contributed by atoms with Crippen molar-refractivity contribution in [1.82, 2.24) is 10.8 Å². The minimum absolute atomic E-state index is 0.168. The van der Waals surface area contributed by atoms with Gasteiger partial charge in [-0.2, -0.15) is 5.48 Å². The third kappa shape index (κ3) is 6.80. The highest BCUT2D eigenvalue weighted by molar-refractivity contribution is 5.53. The lowest BCUT2D eigenvalue weighted by atomic mass is 9.76. The van der Waals surface area contributed by atoms with Crippen molar-refractivity contribution in [1.29, 1.82) is 0 Å². The molecule has 0 aromatic carbocycles. The predicted molar refractivity (Wildman–Crippen MR) is 75.7 cm³/mol. The van der Waals surface area contributed by atoms with Gasteiger partial charge in [0.15, 0.2) is 0 Å². The standard InChI is InChI=1S/C13H26N2O2.CH2O/c1-4-17-15-11(3)5-6-13(10(2)9-16)12-7-14-8-12;1-2/h9-15H,4-8H2,1-3H3;1H2. The molecule has 1 fully saturated rings. The van der Waals surface area contributed by atoms with Crippen LogP contribution >= 0.6 is 0 Å². The zero-order valence-corrected chi connectivity index (χ0v) is 12.4. The van der Waals surface area contributed by atoms with E-state index in [9.17, 15) is 4.79 Å². The molecule has 0 saturated carbocycles. The van der Waals surface area contributed by atoms with Crippen LogP contribution in [0.1, 0.15) is 33.6 Å². The van der Waals surface area contributed by atoms with Crippen molar-refractivity contribution >= 4 is 13.1 Å². The van der Waals surface area contributed by atoms with Crippen molar-refractivity contribution in [3.8, 4) is 0 Å². The molecule has 1 saturated heterocycles. The van der Waals surface area contributed by atoms with Gasteiger partial charge in [-0.3, -0.25) is 0 Å². The Morgan fingerprint density at radius 2 is 2.00 bits per heavy atom. The number of hydrogen-bond donors (Lipinski definition) is 2. The van der Waals surface area contributed by atoms with Crippen LogP contribution in [0.3, 0.4) is 0 Å². The van der Waals surface area contributed by atoms with Crippen molar-refractivity contribution in [2.45, 2.75) is 39.7 Å². The fourth-order valence-electron chi connectivity index (χ4n) is 2.37. The van der Waals surface area contributed by atoms with Crippen LogP contribution in [0.2, 0.25) is 0 Å². The van der Waals surface area contributed by atoms with E-state index < -0.39 is 0 Å². The van der Waals surface area contributed by atoms with Crippen LogP contribution in [-0.2, 0) is 14.4 Å². The first-order chi connectivity index (χ1) is 9.19. The van der Waals surface area contributed by atoms with Crippen LogP contribution in [0.4, 0.5) is 0 Å². The molecule has 3 unspecified atom stereocenters. The molecule has 5 nitrogen and oxygen atoms in total. The van der Waals surface area contributed by atoms with Crippen molar-refractivity contribution < 1.29 is 14.4 Å². The number of rotatable bonds is 9. The van der Waals surface area contributed by atoms with Gasteiger partial charge in [0.2, 0.25) is 0 Å². The Balaban J connectivity index is 0.00000154. The van der Waals surface area contributed by atoms with Crippen molar-refractivity contribution in [3.05, 3.63) is 0 Å². The summed E-state index contributed by atoms with van der Waals surface area (Å²) in [5.74, 6) is 1.36. The Kier molecular flexibility index (Phi) is 10.6. The van der Waals surface area contributed by atoms with Gasteiger partial charge in [-0.05, 0) is 51.6 Å². The van der Waals surface area contributed by atoms with Crippen LogP contribution in [-0.4, -0.2) is 38.8 Å². The summed E-state index contributed by atoms with van der Waals surface area (Å²) in [6, 6.07) is 0.351. The lowest BCUT2D eigenvalue weighted by Crippen LogP contribution is -2.48. The minimum Gasteiger partial charge on any atom is -0.316 e. The molecule has 0 radical (unpaired) electrons. The smallest absolute Gasteiger partial charge is 0.123 e. The summed E-state index contributed by atoms with van der Waals surface area (Å²) >= 11 is 0. The average molecular weight is 272 g/mol. The molecule has 1 heterocycles. The van der Waals surface area contributed by atoms with Crippen LogP contribution in [0, 0.1) is 17.8 Å². The molecule has 1 rings (SSSR count). The van der Waals surface area contributed by atoms with Gasteiger partial charge in [0.1, 0.15) is 13.1 Å². The molecule has 19 heavy (non-hydrogen) atoms. The van der Waals surface area contributed by atoms with E-state index in [0.717, 1.165) is 32.2 Å². The lowest BCUT2D eigenvalue weighted by molar-refractivity contribution is -0.113. The van der Waals surface area contributed by atoms with Gasteiger partial charge in [-0.15, -0.1) is 0 Å². The van der Waals surface area contributed by atoms with Gasteiger partial charge in [-0.25, -0.2) is 0 Å². The van der Waals surface area contributed by atoms with E-state index in [2.05, 4.69) is 17.7 Å². The fraction of sp³-hybridized carbons (Fsp3) is 0.857. The first-order valence-electron chi connectivity index (χ1n) is 7.01. The van der Waals surface area contributed by atoms with Gasteiger partial charge in [0.05, 0.1) is 6.61 Å². The summed E-state index contributed by atoms with van der Waals surface area (Å²) in [5, 5.41) is 3.29. The summed E-state index contributed by atoms with van der Waals surface area (Å²) in [4.78, 5) is 24.1. The van der Waals surface area contributed by atoms with Gasteiger partial charge < -0.3 is 19.7 Å². The second kappa shape index (κ2) is 11.1. The van der Waals surface area contributed by atoms with Crippen LogP contribution in [0.15, 0.2) is 0 Å². The maximum atomic E-state index is 10.9. The van der Waals surface area contributed by atoms with Crippen LogP contribution in [0.5, 0.6) is 0 Å². The van der Waals surface area contributed by atoms with Crippen molar-refractivity contribution in [2.75, 3.05) is 19.7 Å². The van der Waals surface area contributed by atoms with E-state index in [-0.39, 0.29) is 5.92 Å². The SMILES string of the molecule is C=O.CCONC(C)CCC(C(C)C=O)C1CNC1. The van der Waals surface area contributed by atoms with Gasteiger partial charge >= 0.3 is 0 Å². The number of nitrogens with one attached hydrogen (secondary N) is 2. The topological polar surface area (TPSA) is 67.4 Å². The first kappa shape index (κ1) is 18.2. The van der Waals surface area contributed by atoms with Crippen molar-refractivity contribution in [3.63, 3.8) is 0 Å². The average Bonchev–Trinajstić information content (AvgIpc) is 2.40. The maximum absolute atomic E-state index is 10.9. The number of aldehydes is 1. The van der Waals surface area contributed by atoms with E-state index in [1.807, 2.05) is 20.6 Å². The molecule has 0 aromatic heterocycles. The zero-order valence-electron chi connectivity index (χ0n) is 12.4. The van der Waals surface area contributed by atoms with Crippen LogP contribution in [0.25, 0.3) is 0 Å². The summed E-state index contributed by atoms with van der Waals surface area (Å²) < 4.78 is 0. The number of hydroxylamine groups is 1. The van der Waals surface area contributed by atoms with E-state index in [4.69, 9.17) is 9.63 Å². The summed E-state index contributed by atoms with van der Waals surface area (Å²) in [5.41, 5.74) is 3.02. The first-order valence-corrected chi connectivity index (χ1v) is 7.01. The Labute approximate surface area is 116 Å². The molecule has 0 aromatic rings. The highest BCUT2D eigenvalue weighted by Gasteiger charge is 2.30. The van der Waals surface area contributed by atoms with Gasteiger partial charge in [0, 0.05) is 12.0 Å². The molecule has 3 atom stereocenters. The third-order valence-electron chi connectivity index (χ3n) is 3.67. The molecular weight excluding hydrogens is 244 g/mol. The van der Waals surface area contributed by atoms with Gasteiger partial charge in [0.25, 0.3) is 0 Å². The summed E-state index contributed by atoms with van der Waals surface area (Å²) in [6.45, 7) is 10.9. The van der Waals surface area contributed by atoms with Gasteiger partial charge in [-0.1, -0.05) is 6.92 Å². The molecule has 0 bridgehead atoms. The van der Waals surface area contributed by atoms with Crippen molar-refractivity contribution in [2.24, 2.45) is 17.8 Å². The molecule has 0 amide bonds. The summed E-state index contributed by atoms with van der Waals surface area (Å²) in [6.07, 6.45) is 3.25. The van der Waals surface area contributed by atoms with E-state index in [1.54, 1.807) is 0 Å². The largest absolute Gasteiger partial charge is 0.316 e. The number of hydrogen-bond acceptors (Lipinski definition) is 5. The minimum atomic E-state index is 0.168. The number of carbonyl (C=O) groups excluding carboxylic acids is 2. The molecule has 2 N–H and O–H groups in total. The quantitative estimate of drug-likeness (QED) is 0.487. The fourth-order valence-corrected chi connectivity index (χ4v) is 2.37. The summed E-state index contributed by atoms with van der Waals surface area (Å²) in [7, 11) is 0. The molecule has 5 heteroatoms. The van der Waals surface area contributed by atoms with E-state index in [0.29, 0.717) is 24.5 Å². The maximum Gasteiger partial charge on any atom is 0.123 e. The molecule has 112 valence electrons. The Morgan fingerprint density at radius 3 is 2.42 bits per heavy atom. The highest BCUT2D eigenvalue weighted by Crippen LogP contribution is 2.28. The lowest BCUT2D eigenvalue weighted by Gasteiger charge is -2.37. The number of carbonyl (C=O) groups is 2. The van der Waals surface area contributed by atoms with E-state index in [1.165, 1.54) is 0 Å². The van der Waals surface area contributed by atoms with Crippen LogP contribution < -0.4 is 10.8 Å². The predicted octanol–water partition coefficient (Wildman–Crippen LogP) is 1.18. The molecule has 0 aliphatic carbocycles. The normalized spacial score (nSPS) is 19.5. The molecule has 1 aliphatic heterocycles. The van der Waals surface area contributed by atoms with E-state index >= 15 is 0 Å². The molecular formula is C14H28N2O3. The second-order valence-corrected chi connectivity index (χ2v) is 5.11. The second-order valence-electron chi connectivity index (χ2n) is 5.11.